The Hall–Kier alpha value is -0.860. The number of rotatable bonds is 3. The van der Waals surface area contributed by atoms with Crippen molar-refractivity contribution < 1.29 is 0 Å². The third-order valence-corrected chi connectivity index (χ3v) is 4.11. The van der Waals surface area contributed by atoms with Gasteiger partial charge in [-0.3, -0.25) is 4.90 Å². The lowest BCUT2D eigenvalue weighted by Crippen LogP contribution is -2.45. The lowest BCUT2D eigenvalue weighted by molar-refractivity contribution is 0.158. The van der Waals surface area contributed by atoms with Crippen LogP contribution in [0.5, 0.6) is 0 Å². The molecule has 0 saturated carbocycles. The molecule has 1 heterocycles. The summed E-state index contributed by atoms with van der Waals surface area (Å²) >= 11 is 0. The summed E-state index contributed by atoms with van der Waals surface area (Å²) in [5, 5.41) is 0. The van der Waals surface area contributed by atoms with Crippen molar-refractivity contribution in [2.24, 2.45) is 11.7 Å². The van der Waals surface area contributed by atoms with Gasteiger partial charge in [-0.15, -0.1) is 0 Å². The van der Waals surface area contributed by atoms with Crippen LogP contribution in [-0.2, 0) is 6.54 Å². The zero-order valence-electron chi connectivity index (χ0n) is 11.9. The van der Waals surface area contributed by atoms with E-state index in [2.05, 4.69) is 49.9 Å². The van der Waals surface area contributed by atoms with Crippen LogP contribution in [0.1, 0.15) is 44.2 Å². The quantitative estimate of drug-likeness (QED) is 0.888. The van der Waals surface area contributed by atoms with Crippen molar-refractivity contribution in [2.75, 3.05) is 13.1 Å². The van der Waals surface area contributed by atoms with Gasteiger partial charge in [-0.1, -0.05) is 45.0 Å². The monoisotopic (exact) mass is 246 g/mol. The standard InChI is InChI=1S/C16H26N2/c1-12(2)15-6-4-14(5-7-15)11-18-9-8-16(17)13(3)10-18/h4-7,12-13,16H,8-11,17H2,1-3H3. The second-order valence-corrected chi connectivity index (χ2v) is 6.06. The SMILES string of the molecule is CC(C)c1ccc(CN2CCC(N)C(C)C2)cc1. The van der Waals surface area contributed by atoms with Crippen LogP contribution < -0.4 is 5.73 Å². The minimum absolute atomic E-state index is 0.393. The molecule has 1 saturated heterocycles. The van der Waals surface area contributed by atoms with Gasteiger partial charge in [0.05, 0.1) is 0 Å². The zero-order valence-corrected chi connectivity index (χ0v) is 11.9. The molecular weight excluding hydrogens is 220 g/mol. The van der Waals surface area contributed by atoms with Crippen molar-refractivity contribution in [3.05, 3.63) is 35.4 Å². The van der Waals surface area contributed by atoms with E-state index in [0.29, 0.717) is 17.9 Å². The van der Waals surface area contributed by atoms with E-state index in [-0.39, 0.29) is 0 Å². The number of benzene rings is 1. The first-order chi connectivity index (χ1) is 8.56. The van der Waals surface area contributed by atoms with Gasteiger partial charge in [0.15, 0.2) is 0 Å². The Morgan fingerprint density at radius 3 is 2.50 bits per heavy atom. The Morgan fingerprint density at radius 1 is 1.28 bits per heavy atom. The van der Waals surface area contributed by atoms with E-state index in [1.54, 1.807) is 0 Å². The van der Waals surface area contributed by atoms with E-state index in [0.717, 1.165) is 26.1 Å². The minimum Gasteiger partial charge on any atom is -0.327 e. The lowest BCUT2D eigenvalue weighted by Gasteiger charge is -2.35. The molecular formula is C16H26N2. The summed E-state index contributed by atoms with van der Waals surface area (Å²) in [5.41, 5.74) is 8.90. The van der Waals surface area contributed by atoms with Crippen molar-refractivity contribution in [3.63, 3.8) is 0 Å². The Morgan fingerprint density at radius 2 is 1.94 bits per heavy atom. The normalized spacial score (nSPS) is 25.6. The second kappa shape index (κ2) is 5.85. The highest BCUT2D eigenvalue weighted by Crippen LogP contribution is 2.19. The Kier molecular flexibility index (Phi) is 4.41. The lowest BCUT2D eigenvalue weighted by atomic mass is 9.94. The summed E-state index contributed by atoms with van der Waals surface area (Å²) in [5.74, 6) is 1.24. The van der Waals surface area contributed by atoms with Crippen LogP contribution in [-0.4, -0.2) is 24.0 Å². The van der Waals surface area contributed by atoms with E-state index < -0.39 is 0 Å². The molecule has 1 fully saturated rings. The smallest absolute Gasteiger partial charge is 0.0233 e. The van der Waals surface area contributed by atoms with Gasteiger partial charge in [0.25, 0.3) is 0 Å². The van der Waals surface area contributed by atoms with Crippen LogP contribution in [0.2, 0.25) is 0 Å². The molecule has 2 rings (SSSR count). The maximum absolute atomic E-state index is 6.06. The van der Waals surface area contributed by atoms with Crippen LogP contribution in [0.25, 0.3) is 0 Å². The molecule has 0 spiro atoms. The first-order valence-corrected chi connectivity index (χ1v) is 7.13. The molecule has 1 aliphatic rings. The molecule has 0 bridgehead atoms. The molecule has 1 aromatic carbocycles. The van der Waals surface area contributed by atoms with Crippen molar-refractivity contribution in [3.8, 4) is 0 Å². The number of nitrogens with two attached hydrogens (primary N) is 1. The van der Waals surface area contributed by atoms with Gasteiger partial charge < -0.3 is 5.73 Å². The maximum atomic E-state index is 6.06. The van der Waals surface area contributed by atoms with E-state index in [1.165, 1.54) is 11.1 Å². The third kappa shape index (κ3) is 3.33. The molecule has 18 heavy (non-hydrogen) atoms. The Bertz CT molecular complexity index is 369. The zero-order chi connectivity index (χ0) is 13.1. The average molecular weight is 246 g/mol. The van der Waals surface area contributed by atoms with E-state index in [1.807, 2.05) is 0 Å². The number of likely N-dealkylation sites (tertiary alicyclic amines) is 1. The summed E-state index contributed by atoms with van der Waals surface area (Å²) in [6.45, 7) is 10.1. The van der Waals surface area contributed by atoms with Crippen molar-refractivity contribution in [1.82, 2.24) is 4.90 Å². The largest absolute Gasteiger partial charge is 0.327 e. The van der Waals surface area contributed by atoms with Crippen LogP contribution in [0, 0.1) is 5.92 Å². The summed E-state index contributed by atoms with van der Waals surface area (Å²) in [7, 11) is 0. The molecule has 2 N–H and O–H groups in total. The van der Waals surface area contributed by atoms with Crippen LogP contribution >= 0.6 is 0 Å². The second-order valence-electron chi connectivity index (χ2n) is 6.06. The highest BCUT2D eigenvalue weighted by atomic mass is 15.1. The average Bonchev–Trinajstić information content (AvgIpc) is 2.34. The predicted molar refractivity (Wildman–Crippen MR) is 77.6 cm³/mol. The number of hydrogen-bond acceptors (Lipinski definition) is 2. The fraction of sp³-hybridized carbons (Fsp3) is 0.625. The Labute approximate surface area is 111 Å². The van der Waals surface area contributed by atoms with Gasteiger partial charge in [-0.05, 0) is 35.9 Å². The van der Waals surface area contributed by atoms with Gasteiger partial charge in [-0.2, -0.15) is 0 Å². The van der Waals surface area contributed by atoms with Crippen LogP contribution in [0.3, 0.4) is 0 Å². The third-order valence-electron chi connectivity index (χ3n) is 4.11. The molecule has 0 aliphatic carbocycles. The van der Waals surface area contributed by atoms with Gasteiger partial charge in [0.2, 0.25) is 0 Å². The molecule has 1 aromatic rings. The van der Waals surface area contributed by atoms with E-state index in [4.69, 9.17) is 5.73 Å². The molecule has 1 aliphatic heterocycles. The van der Waals surface area contributed by atoms with Crippen molar-refractivity contribution in [1.29, 1.82) is 0 Å². The van der Waals surface area contributed by atoms with Gasteiger partial charge in [0, 0.05) is 19.1 Å². The summed E-state index contributed by atoms with van der Waals surface area (Å²) in [4.78, 5) is 2.53. The first kappa shape index (κ1) is 13.6. The van der Waals surface area contributed by atoms with Gasteiger partial charge in [-0.25, -0.2) is 0 Å². The number of piperidine rings is 1. The molecule has 2 nitrogen and oxygen atoms in total. The predicted octanol–water partition coefficient (Wildman–Crippen LogP) is 2.98. The van der Waals surface area contributed by atoms with Crippen LogP contribution in [0.15, 0.2) is 24.3 Å². The molecule has 2 unspecified atom stereocenters. The van der Waals surface area contributed by atoms with Gasteiger partial charge in [0.1, 0.15) is 0 Å². The van der Waals surface area contributed by atoms with Crippen molar-refractivity contribution >= 4 is 0 Å². The Balaban J connectivity index is 1.93. The van der Waals surface area contributed by atoms with E-state index in [9.17, 15) is 0 Å². The molecule has 100 valence electrons. The fourth-order valence-electron chi connectivity index (χ4n) is 2.66. The molecule has 0 radical (unpaired) electrons. The summed E-state index contributed by atoms with van der Waals surface area (Å²) < 4.78 is 0. The molecule has 2 heteroatoms. The number of hydrogen-bond donors (Lipinski definition) is 1. The minimum atomic E-state index is 0.393. The fourth-order valence-corrected chi connectivity index (χ4v) is 2.66. The first-order valence-electron chi connectivity index (χ1n) is 7.13. The summed E-state index contributed by atoms with van der Waals surface area (Å²) in [6.07, 6.45) is 1.13. The molecule has 0 aromatic heterocycles. The van der Waals surface area contributed by atoms with Crippen LogP contribution in [0.4, 0.5) is 0 Å². The van der Waals surface area contributed by atoms with E-state index >= 15 is 0 Å². The summed E-state index contributed by atoms with van der Waals surface area (Å²) in [6, 6.07) is 9.46. The van der Waals surface area contributed by atoms with Crippen molar-refractivity contribution in [2.45, 2.75) is 45.7 Å². The van der Waals surface area contributed by atoms with Gasteiger partial charge >= 0.3 is 0 Å². The number of nitrogens with zero attached hydrogens (tertiary/aromatic N) is 1. The molecule has 2 atom stereocenters. The topological polar surface area (TPSA) is 29.3 Å². The molecule has 0 amide bonds. The highest BCUT2D eigenvalue weighted by molar-refractivity contribution is 5.24. The highest BCUT2D eigenvalue weighted by Gasteiger charge is 2.22. The maximum Gasteiger partial charge on any atom is 0.0233 e.